The van der Waals surface area contributed by atoms with Gasteiger partial charge in [0.25, 0.3) is 0 Å². The number of aliphatic hydroxyl groups excluding tert-OH is 1. The van der Waals surface area contributed by atoms with Crippen molar-refractivity contribution in [2.24, 2.45) is 0 Å². The molecule has 432 valence electrons. The zero-order chi connectivity index (χ0) is 55.5. The van der Waals surface area contributed by atoms with Crippen LogP contribution in [0.1, 0.15) is 226 Å². The van der Waals surface area contributed by atoms with Gasteiger partial charge in [-0.1, -0.05) is 213 Å². The van der Waals surface area contributed by atoms with E-state index in [4.69, 9.17) is 23.3 Å². The molecular formula is C64H105O11P. The fourth-order valence-corrected chi connectivity index (χ4v) is 8.23. The lowest BCUT2D eigenvalue weighted by atomic mass is 10.1. The lowest BCUT2D eigenvalue weighted by molar-refractivity contribution is -0.161. The van der Waals surface area contributed by atoms with Crippen molar-refractivity contribution in [3.05, 3.63) is 122 Å². The predicted octanol–water partition coefficient (Wildman–Crippen LogP) is 17.6. The number of aliphatic hydroxyl groups is 1. The van der Waals surface area contributed by atoms with Gasteiger partial charge < -0.3 is 24.2 Å². The maximum atomic E-state index is 12.9. The third-order valence-corrected chi connectivity index (χ3v) is 12.8. The van der Waals surface area contributed by atoms with Gasteiger partial charge in [-0.25, -0.2) is 4.57 Å². The van der Waals surface area contributed by atoms with E-state index in [0.29, 0.717) is 19.3 Å². The molecule has 3 atom stereocenters. The molecule has 2 N–H and O–H groups in total. The summed E-state index contributed by atoms with van der Waals surface area (Å²) in [5.41, 5.74) is 0. The van der Waals surface area contributed by atoms with Crippen molar-refractivity contribution in [2.45, 2.75) is 238 Å². The van der Waals surface area contributed by atoms with Crippen LogP contribution in [-0.4, -0.2) is 66.5 Å². The lowest BCUT2D eigenvalue weighted by Gasteiger charge is -2.21. The average Bonchev–Trinajstić information content (AvgIpc) is 3.41. The zero-order valence-electron chi connectivity index (χ0n) is 47.7. The molecule has 0 aromatic heterocycles. The van der Waals surface area contributed by atoms with Crippen LogP contribution in [-0.2, 0) is 42.2 Å². The minimum atomic E-state index is -4.78. The van der Waals surface area contributed by atoms with E-state index in [0.717, 1.165) is 109 Å². The number of hydrogen-bond donors (Lipinski definition) is 2. The molecule has 0 saturated heterocycles. The largest absolute Gasteiger partial charge is 0.472 e. The lowest BCUT2D eigenvalue weighted by Crippen LogP contribution is -2.30. The van der Waals surface area contributed by atoms with Gasteiger partial charge in [0.05, 0.1) is 19.8 Å². The summed E-state index contributed by atoms with van der Waals surface area (Å²) in [6.07, 6.45) is 70.3. The number of esters is 3. The Balaban J connectivity index is 4.87. The van der Waals surface area contributed by atoms with Crippen molar-refractivity contribution >= 4 is 25.7 Å². The minimum absolute atomic E-state index is 0.0929. The van der Waals surface area contributed by atoms with Crippen molar-refractivity contribution in [1.82, 2.24) is 0 Å². The number of carbonyl (C=O) groups excluding carboxylic acids is 3. The fraction of sp³-hybridized carbons (Fsp3) is 0.641. The fourth-order valence-electron chi connectivity index (χ4n) is 7.45. The smallest absolute Gasteiger partial charge is 0.462 e. The standard InChI is InChI=1S/C64H105O11P/c1-4-7-10-13-16-19-22-25-27-29-30-32-33-36-38-41-44-47-50-53-62(66)71-57-61(75-64(68)55-52-49-46-43-40-37-34-31-28-26-23-20-17-14-11-8-5-2)59-73-76(69,70)72-58-60(56-65)74-63(67)54-51-48-45-42-39-35-24-21-18-15-12-9-6-3/h7,9-10,12,16,18-19,21,25-28,30,32,35-36,38-39,44,47,60-61,65H,4-6,8,11,13-15,17,20,22-24,29,31,33-34,37,40-43,45-46,48-59H2,1-3H3,(H,69,70)/b10-7-,12-9-,19-16-,21-18-,27-25-,28-26-,32-30-,38-36-,39-35-,47-44-. The molecule has 0 saturated carbocycles. The minimum Gasteiger partial charge on any atom is -0.462 e. The summed E-state index contributed by atoms with van der Waals surface area (Å²) in [5, 5.41) is 9.81. The van der Waals surface area contributed by atoms with Crippen LogP contribution in [0, 0.1) is 0 Å². The number of hydrogen-bond acceptors (Lipinski definition) is 10. The topological polar surface area (TPSA) is 155 Å². The van der Waals surface area contributed by atoms with Gasteiger partial charge in [0.2, 0.25) is 0 Å². The molecule has 0 rings (SSSR count). The molecule has 12 heteroatoms. The molecule has 0 fully saturated rings. The summed E-state index contributed by atoms with van der Waals surface area (Å²) in [4.78, 5) is 48.5. The van der Waals surface area contributed by atoms with Crippen molar-refractivity contribution in [3.63, 3.8) is 0 Å². The number of ether oxygens (including phenoxy) is 3. The maximum Gasteiger partial charge on any atom is 0.472 e. The monoisotopic (exact) mass is 1080 g/mol. The molecule has 0 heterocycles. The number of phosphoric acid groups is 1. The van der Waals surface area contributed by atoms with Crippen molar-refractivity contribution in [1.29, 1.82) is 0 Å². The molecular weight excluding hydrogens is 976 g/mol. The Morgan fingerprint density at radius 2 is 0.711 bits per heavy atom. The van der Waals surface area contributed by atoms with Crippen LogP contribution in [0.4, 0.5) is 0 Å². The van der Waals surface area contributed by atoms with Crippen LogP contribution in [0.5, 0.6) is 0 Å². The van der Waals surface area contributed by atoms with Crippen molar-refractivity contribution in [2.75, 3.05) is 26.4 Å². The van der Waals surface area contributed by atoms with Crippen LogP contribution < -0.4 is 0 Å². The molecule has 0 bridgehead atoms. The quantitative estimate of drug-likeness (QED) is 0.0197. The Hall–Kier alpha value is -4.12. The van der Waals surface area contributed by atoms with E-state index >= 15 is 0 Å². The highest BCUT2D eigenvalue weighted by molar-refractivity contribution is 7.47. The van der Waals surface area contributed by atoms with Crippen LogP contribution in [0.3, 0.4) is 0 Å². The van der Waals surface area contributed by atoms with Gasteiger partial charge in [-0.05, 0) is 116 Å². The molecule has 0 amide bonds. The third-order valence-electron chi connectivity index (χ3n) is 11.9. The van der Waals surface area contributed by atoms with E-state index in [1.165, 1.54) is 57.8 Å². The highest BCUT2D eigenvalue weighted by Gasteiger charge is 2.28. The van der Waals surface area contributed by atoms with Gasteiger partial charge in [-0.15, -0.1) is 0 Å². The van der Waals surface area contributed by atoms with E-state index in [-0.39, 0.29) is 25.9 Å². The van der Waals surface area contributed by atoms with Gasteiger partial charge in [0.15, 0.2) is 6.10 Å². The first kappa shape index (κ1) is 71.9. The van der Waals surface area contributed by atoms with E-state index < -0.39 is 57.8 Å². The summed E-state index contributed by atoms with van der Waals surface area (Å²) < 4.78 is 39.4. The SMILES string of the molecule is CC/C=C\C/C=C\C/C=C\C/C=C\C/C=C\C/C=C\CCC(=O)OCC(COP(=O)(O)OCC(CO)OC(=O)CCCCC/C=C\C/C=C\C/C=C\CC)OC(=O)CCCCCCCCC/C=C\CCCCCCCC. The van der Waals surface area contributed by atoms with Gasteiger partial charge in [-0.3, -0.25) is 23.4 Å². The second-order valence-electron chi connectivity index (χ2n) is 19.0. The summed E-state index contributed by atoms with van der Waals surface area (Å²) in [6, 6.07) is 0. The van der Waals surface area contributed by atoms with E-state index in [2.05, 4.69) is 130 Å². The van der Waals surface area contributed by atoms with Crippen molar-refractivity contribution in [3.8, 4) is 0 Å². The zero-order valence-corrected chi connectivity index (χ0v) is 48.6. The summed E-state index contributed by atoms with van der Waals surface area (Å²) in [7, 11) is -4.78. The third kappa shape index (κ3) is 54.7. The van der Waals surface area contributed by atoms with Crippen LogP contribution in [0.15, 0.2) is 122 Å². The Morgan fingerprint density at radius 1 is 0.382 bits per heavy atom. The second kappa shape index (κ2) is 57.1. The predicted molar refractivity (Wildman–Crippen MR) is 316 cm³/mol. The first-order valence-corrected chi connectivity index (χ1v) is 30.9. The molecule has 0 aromatic rings. The number of unbranched alkanes of at least 4 members (excludes halogenated alkanes) is 16. The molecule has 0 aliphatic carbocycles. The summed E-state index contributed by atoms with van der Waals surface area (Å²) >= 11 is 0. The highest BCUT2D eigenvalue weighted by atomic mass is 31.2. The molecule has 76 heavy (non-hydrogen) atoms. The normalized spacial score (nSPS) is 14.2. The maximum absolute atomic E-state index is 12.9. The summed E-state index contributed by atoms with van der Waals surface area (Å²) in [5.74, 6) is -1.61. The van der Waals surface area contributed by atoms with Gasteiger partial charge in [0.1, 0.15) is 12.7 Å². The molecule has 0 aromatic carbocycles. The first-order chi connectivity index (χ1) is 37.2. The van der Waals surface area contributed by atoms with Crippen LogP contribution in [0.25, 0.3) is 0 Å². The molecule has 11 nitrogen and oxygen atoms in total. The van der Waals surface area contributed by atoms with E-state index in [1.807, 2.05) is 12.2 Å². The number of rotatable bonds is 53. The van der Waals surface area contributed by atoms with Crippen LogP contribution in [0.2, 0.25) is 0 Å². The molecule has 3 unspecified atom stereocenters. The second-order valence-corrected chi connectivity index (χ2v) is 20.5. The Labute approximate surface area is 462 Å². The number of allylic oxidation sites excluding steroid dienone is 20. The van der Waals surface area contributed by atoms with Crippen molar-refractivity contribution < 1.29 is 52.2 Å². The highest BCUT2D eigenvalue weighted by Crippen LogP contribution is 2.43. The molecule has 0 aliphatic heterocycles. The van der Waals surface area contributed by atoms with Crippen LogP contribution >= 0.6 is 7.82 Å². The average molecular weight is 1080 g/mol. The van der Waals surface area contributed by atoms with E-state index in [1.54, 1.807) is 0 Å². The molecule has 0 radical (unpaired) electrons. The molecule has 0 aliphatic rings. The first-order valence-electron chi connectivity index (χ1n) is 29.4. The van der Waals surface area contributed by atoms with Gasteiger partial charge >= 0.3 is 25.7 Å². The Bertz CT molecular complexity index is 1740. The molecule has 0 spiro atoms. The van der Waals surface area contributed by atoms with Gasteiger partial charge in [-0.2, -0.15) is 0 Å². The number of carbonyl (C=O) groups is 3. The Kier molecular flexibility index (Phi) is 54.0. The Morgan fingerprint density at radius 3 is 1.13 bits per heavy atom. The summed E-state index contributed by atoms with van der Waals surface area (Å²) in [6.45, 7) is 4.28. The number of phosphoric ester groups is 1. The van der Waals surface area contributed by atoms with E-state index in [9.17, 15) is 28.9 Å². The van der Waals surface area contributed by atoms with Gasteiger partial charge in [0, 0.05) is 19.3 Å².